The highest BCUT2D eigenvalue weighted by molar-refractivity contribution is 5.95. The number of carbonyl (C=O) groups is 1. The number of nitrogens with zero attached hydrogens (tertiary/aromatic N) is 1. The monoisotopic (exact) mass is 306 g/mol. The molecular formula is C20H22N2O. The Morgan fingerprint density at radius 3 is 2.61 bits per heavy atom. The molecule has 3 rings (SSSR count). The first-order chi connectivity index (χ1) is 11.2. The van der Waals surface area contributed by atoms with Crippen LogP contribution < -0.4 is 0 Å². The number of likely N-dealkylation sites (N-methyl/N-ethyl adjacent to an activating group) is 1. The van der Waals surface area contributed by atoms with Crippen molar-refractivity contribution in [2.75, 3.05) is 13.1 Å². The summed E-state index contributed by atoms with van der Waals surface area (Å²) in [5.74, 6) is 0.187. The Labute approximate surface area is 136 Å². The van der Waals surface area contributed by atoms with Crippen molar-refractivity contribution in [1.82, 2.24) is 9.88 Å². The van der Waals surface area contributed by atoms with Gasteiger partial charge in [-0.25, -0.2) is 0 Å². The molecular weight excluding hydrogens is 284 g/mol. The molecule has 3 nitrogen and oxygen atoms in total. The molecule has 2 aromatic carbocycles. The molecule has 1 heterocycles. The molecule has 0 radical (unpaired) electrons. The van der Waals surface area contributed by atoms with Crippen molar-refractivity contribution in [2.45, 2.75) is 20.3 Å². The molecule has 0 saturated heterocycles. The number of hydrogen-bond donors (Lipinski definition) is 1. The van der Waals surface area contributed by atoms with Crippen LogP contribution in [0.1, 0.15) is 19.4 Å². The molecule has 0 fully saturated rings. The van der Waals surface area contributed by atoms with E-state index >= 15 is 0 Å². The minimum Gasteiger partial charge on any atom is -0.361 e. The van der Waals surface area contributed by atoms with Crippen LogP contribution in [0.5, 0.6) is 0 Å². The van der Waals surface area contributed by atoms with Gasteiger partial charge in [-0.2, -0.15) is 0 Å². The van der Waals surface area contributed by atoms with E-state index in [0.29, 0.717) is 6.42 Å². The molecule has 118 valence electrons. The number of rotatable bonds is 5. The lowest BCUT2D eigenvalue weighted by atomic mass is 9.99. The Bertz CT molecular complexity index is 815. The van der Waals surface area contributed by atoms with Crippen molar-refractivity contribution in [3.05, 3.63) is 60.3 Å². The van der Waals surface area contributed by atoms with Crippen LogP contribution in [0, 0.1) is 0 Å². The smallest absolute Gasteiger partial charge is 0.226 e. The number of aromatic nitrogens is 1. The molecule has 3 heteroatoms. The van der Waals surface area contributed by atoms with Gasteiger partial charge >= 0.3 is 0 Å². The van der Waals surface area contributed by atoms with E-state index in [9.17, 15) is 4.79 Å². The van der Waals surface area contributed by atoms with Gasteiger partial charge in [-0.1, -0.05) is 36.4 Å². The summed E-state index contributed by atoms with van der Waals surface area (Å²) in [4.78, 5) is 17.4. The molecule has 0 aliphatic carbocycles. The zero-order valence-corrected chi connectivity index (χ0v) is 13.7. The molecule has 0 aliphatic rings. The number of hydrogen-bond acceptors (Lipinski definition) is 1. The van der Waals surface area contributed by atoms with Crippen LogP contribution in [0.4, 0.5) is 0 Å². The van der Waals surface area contributed by atoms with Gasteiger partial charge in [0, 0.05) is 30.2 Å². The quantitative estimate of drug-likeness (QED) is 0.751. The van der Waals surface area contributed by atoms with E-state index < -0.39 is 0 Å². The topological polar surface area (TPSA) is 36.1 Å². The molecule has 0 aliphatic heterocycles. The SMILES string of the molecule is CCN(CC)C(=O)Cc1cccc(-c2cccc3[nH]ccc23)c1. The highest BCUT2D eigenvalue weighted by Gasteiger charge is 2.11. The van der Waals surface area contributed by atoms with Crippen molar-refractivity contribution in [1.29, 1.82) is 0 Å². The standard InChI is InChI=1S/C20H22N2O/c1-3-22(4-2)20(23)14-15-7-5-8-16(13-15)17-9-6-10-19-18(17)11-12-21-19/h5-13,21H,3-4,14H2,1-2H3. The van der Waals surface area contributed by atoms with Crippen molar-refractivity contribution in [3.63, 3.8) is 0 Å². The second-order valence-corrected chi connectivity index (χ2v) is 5.69. The highest BCUT2D eigenvalue weighted by Crippen LogP contribution is 2.28. The first-order valence-electron chi connectivity index (χ1n) is 8.16. The first-order valence-corrected chi connectivity index (χ1v) is 8.16. The zero-order chi connectivity index (χ0) is 16.2. The van der Waals surface area contributed by atoms with E-state index in [1.54, 1.807) is 0 Å². The summed E-state index contributed by atoms with van der Waals surface area (Å²) in [5.41, 5.74) is 4.54. The number of amides is 1. The number of fused-ring (bicyclic) bond motifs is 1. The lowest BCUT2D eigenvalue weighted by Crippen LogP contribution is -2.31. The number of H-pyrrole nitrogens is 1. The lowest BCUT2D eigenvalue weighted by molar-refractivity contribution is -0.130. The molecule has 1 N–H and O–H groups in total. The van der Waals surface area contributed by atoms with Crippen molar-refractivity contribution < 1.29 is 4.79 Å². The van der Waals surface area contributed by atoms with Gasteiger partial charge in [0.1, 0.15) is 0 Å². The maximum absolute atomic E-state index is 12.3. The normalized spacial score (nSPS) is 10.9. The van der Waals surface area contributed by atoms with Crippen LogP contribution >= 0.6 is 0 Å². The van der Waals surface area contributed by atoms with Gasteiger partial charge in [-0.15, -0.1) is 0 Å². The molecule has 0 atom stereocenters. The van der Waals surface area contributed by atoms with Crippen LogP contribution in [0.25, 0.3) is 22.0 Å². The summed E-state index contributed by atoms with van der Waals surface area (Å²) in [7, 11) is 0. The number of aromatic amines is 1. The Morgan fingerprint density at radius 1 is 1.04 bits per heavy atom. The second-order valence-electron chi connectivity index (χ2n) is 5.69. The van der Waals surface area contributed by atoms with Gasteiger partial charge < -0.3 is 9.88 Å². The molecule has 3 aromatic rings. The van der Waals surface area contributed by atoms with E-state index in [1.807, 2.05) is 37.1 Å². The number of carbonyl (C=O) groups excluding carboxylic acids is 1. The predicted octanol–water partition coefficient (Wildman–Crippen LogP) is 4.25. The maximum atomic E-state index is 12.3. The van der Waals surface area contributed by atoms with E-state index in [4.69, 9.17) is 0 Å². The average molecular weight is 306 g/mol. The minimum atomic E-state index is 0.187. The van der Waals surface area contributed by atoms with Crippen molar-refractivity contribution in [3.8, 4) is 11.1 Å². The fourth-order valence-corrected chi connectivity index (χ4v) is 3.05. The highest BCUT2D eigenvalue weighted by atomic mass is 16.2. The Morgan fingerprint density at radius 2 is 1.83 bits per heavy atom. The fraction of sp³-hybridized carbons (Fsp3) is 0.250. The molecule has 0 unspecified atom stereocenters. The minimum absolute atomic E-state index is 0.187. The molecule has 0 saturated carbocycles. The van der Waals surface area contributed by atoms with E-state index in [2.05, 4.69) is 41.4 Å². The zero-order valence-electron chi connectivity index (χ0n) is 13.7. The third-order valence-corrected chi connectivity index (χ3v) is 4.30. The number of benzene rings is 2. The largest absolute Gasteiger partial charge is 0.361 e. The number of nitrogens with one attached hydrogen (secondary N) is 1. The predicted molar refractivity (Wildman–Crippen MR) is 95.4 cm³/mol. The van der Waals surface area contributed by atoms with Crippen molar-refractivity contribution in [2.24, 2.45) is 0 Å². The van der Waals surface area contributed by atoms with E-state index in [-0.39, 0.29) is 5.91 Å². The molecule has 0 spiro atoms. The van der Waals surface area contributed by atoms with Crippen LogP contribution in [0.15, 0.2) is 54.7 Å². The molecule has 1 amide bonds. The maximum Gasteiger partial charge on any atom is 0.226 e. The van der Waals surface area contributed by atoms with Crippen LogP contribution in [-0.4, -0.2) is 28.9 Å². The Balaban J connectivity index is 1.91. The fourth-order valence-electron chi connectivity index (χ4n) is 3.05. The third-order valence-electron chi connectivity index (χ3n) is 4.30. The van der Waals surface area contributed by atoms with Gasteiger partial charge in [-0.3, -0.25) is 4.79 Å². The lowest BCUT2D eigenvalue weighted by Gasteiger charge is -2.18. The molecule has 23 heavy (non-hydrogen) atoms. The van der Waals surface area contributed by atoms with Crippen LogP contribution in [-0.2, 0) is 11.2 Å². The molecule has 1 aromatic heterocycles. The van der Waals surface area contributed by atoms with E-state index in [1.165, 1.54) is 10.9 Å². The summed E-state index contributed by atoms with van der Waals surface area (Å²) in [6, 6.07) is 16.7. The molecule has 0 bridgehead atoms. The first kappa shape index (κ1) is 15.3. The summed E-state index contributed by atoms with van der Waals surface area (Å²) >= 11 is 0. The Kier molecular flexibility index (Phi) is 4.47. The second kappa shape index (κ2) is 6.69. The van der Waals surface area contributed by atoms with Crippen molar-refractivity contribution >= 4 is 16.8 Å². The Hall–Kier alpha value is -2.55. The summed E-state index contributed by atoms with van der Waals surface area (Å²) in [6.45, 7) is 5.56. The third kappa shape index (κ3) is 3.14. The summed E-state index contributed by atoms with van der Waals surface area (Å²) < 4.78 is 0. The van der Waals surface area contributed by atoms with Gasteiger partial charge in [0.2, 0.25) is 5.91 Å². The van der Waals surface area contributed by atoms with Crippen LogP contribution in [0.3, 0.4) is 0 Å². The van der Waals surface area contributed by atoms with Gasteiger partial charge in [0.25, 0.3) is 0 Å². The van der Waals surface area contributed by atoms with Gasteiger partial charge in [0.05, 0.1) is 6.42 Å². The average Bonchev–Trinajstić information content (AvgIpc) is 3.04. The summed E-state index contributed by atoms with van der Waals surface area (Å²) in [5, 5.41) is 1.21. The van der Waals surface area contributed by atoms with E-state index in [0.717, 1.165) is 29.7 Å². The van der Waals surface area contributed by atoms with Gasteiger partial charge in [0.15, 0.2) is 0 Å². The van der Waals surface area contributed by atoms with Gasteiger partial charge in [-0.05, 0) is 42.7 Å². The van der Waals surface area contributed by atoms with Crippen LogP contribution in [0.2, 0.25) is 0 Å². The summed E-state index contributed by atoms with van der Waals surface area (Å²) in [6.07, 6.45) is 2.42.